The van der Waals surface area contributed by atoms with Crippen molar-refractivity contribution >= 4 is 11.8 Å². The molecule has 2 atom stereocenters. The van der Waals surface area contributed by atoms with Crippen molar-refractivity contribution < 1.29 is 0 Å². The maximum atomic E-state index is 4.42. The molecule has 2 rings (SSSR count). The van der Waals surface area contributed by atoms with E-state index in [2.05, 4.69) is 59.9 Å². The summed E-state index contributed by atoms with van der Waals surface area (Å²) in [5.41, 5.74) is 2.65. The summed E-state index contributed by atoms with van der Waals surface area (Å²) >= 11 is 1.82. The van der Waals surface area contributed by atoms with Gasteiger partial charge in [-0.05, 0) is 25.5 Å². The molecule has 1 N–H and O–H groups in total. The number of thioether (sulfide) groups is 1. The van der Waals surface area contributed by atoms with Gasteiger partial charge in [0, 0.05) is 30.7 Å². The van der Waals surface area contributed by atoms with Crippen LogP contribution in [-0.2, 0) is 7.05 Å². The normalized spacial score (nSPS) is 14.1. The molecule has 2 unspecified atom stereocenters. The molecule has 1 heterocycles. The minimum Gasteiger partial charge on any atom is -0.329 e. The van der Waals surface area contributed by atoms with Crippen LogP contribution in [0.5, 0.6) is 0 Å². The van der Waals surface area contributed by atoms with Crippen molar-refractivity contribution in [3.63, 3.8) is 0 Å². The highest BCUT2D eigenvalue weighted by Gasteiger charge is 2.21. The smallest absolute Gasteiger partial charge is 0.167 e. The van der Waals surface area contributed by atoms with Gasteiger partial charge in [0.15, 0.2) is 5.16 Å². The highest BCUT2D eigenvalue weighted by molar-refractivity contribution is 7.99. The van der Waals surface area contributed by atoms with Crippen molar-refractivity contribution in [2.24, 2.45) is 7.05 Å². The van der Waals surface area contributed by atoms with Gasteiger partial charge < -0.3 is 9.88 Å². The standard InChI is InChI=1S/C17H25N3S/c1-5-10-18-16(15-8-6-13(2)7-9-15)14(3)21-17-19-11-12-20(17)4/h6-9,11-12,14,16,18H,5,10H2,1-4H3. The second-order valence-electron chi connectivity index (χ2n) is 5.49. The topological polar surface area (TPSA) is 29.9 Å². The summed E-state index contributed by atoms with van der Waals surface area (Å²) in [6, 6.07) is 9.19. The van der Waals surface area contributed by atoms with Gasteiger partial charge in [-0.25, -0.2) is 4.98 Å². The third-order valence-electron chi connectivity index (χ3n) is 3.59. The number of benzene rings is 1. The van der Waals surface area contributed by atoms with Gasteiger partial charge in [-0.3, -0.25) is 0 Å². The Morgan fingerprint density at radius 1 is 1.29 bits per heavy atom. The molecule has 3 nitrogen and oxygen atoms in total. The Hall–Kier alpha value is -1.26. The van der Waals surface area contributed by atoms with Crippen LogP contribution in [0.25, 0.3) is 0 Å². The average Bonchev–Trinajstić information content (AvgIpc) is 2.86. The first-order chi connectivity index (χ1) is 10.1. The fraction of sp³-hybridized carbons (Fsp3) is 0.471. The van der Waals surface area contributed by atoms with Crippen LogP contribution in [0.4, 0.5) is 0 Å². The molecule has 0 amide bonds. The first-order valence-electron chi connectivity index (χ1n) is 7.55. The van der Waals surface area contributed by atoms with E-state index < -0.39 is 0 Å². The lowest BCUT2D eigenvalue weighted by Crippen LogP contribution is -2.29. The quantitative estimate of drug-likeness (QED) is 0.786. The number of aromatic nitrogens is 2. The molecule has 0 fully saturated rings. The number of hydrogen-bond acceptors (Lipinski definition) is 3. The second kappa shape index (κ2) is 7.66. The lowest BCUT2D eigenvalue weighted by molar-refractivity contribution is 0.526. The average molecular weight is 303 g/mol. The van der Waals surface area contributed by atoms with Crippen LogP contribution in [-0.4, -0.2) is 21.3 Å². The molecule has 0 radical (unpaired) electrons. The van der Waals surface area contributed by atoms with Gasteiger partial charge in [0.2, 0.25) is 0 Å². The number of hydrogen-bond donors (Lipinski definition) is 1. The zero-order chi connectivity index (χ0) is 15.2. The largest absolute Gasteiger partial charge is 0.329 e. The van der Waals surface area contributed by atoms with Crippen LogP contribution >= 0.6 is 11.8 Å². The molecule has 1 aromatic carbocycles. The highest BCUT2D eigenvalue weighted by atomic mass is 32.2. The van der Waals surface area contributed by atoms with Crippen LogP contribution in [0.1, 0.15) is 37.4 Å². The van der Waals surface area contributed by atoms with Gasteiger partial charge in [0.1, 0.15) is 0 Å². The summed E-state index contributed by atoms with van der Waals surface area (Å²) in [6.07, 6.45) is 4.99. The second-order valence-corrected chi connectivity index (χ2v) is 6.83. The summed E-state index contributed by atoms with van der Waals surface area (Å²) in [7, 11) is 2.04. The summed E-state index contributed by atoms with van der Waals surface area (Å²) in [5, 5.41) is 5.16. The Bertz CT molecular complexity index is 547. The minimum absolute atomic E-state index is 0.340. The SMILES string of the molecule is CCCNC(c1ccc(C)cc1)C(C)Sc1nccn1C. The van der Waals surface area contributed by atoms with Crippen LogP contribution in [0.2, 0.25) is 0 Å². The Kier molecular flexibility index (Phi) is 5.88. The molecule has 0 saturated carbocycles. The number of rotatable bonds is 7. The first kappa shape index (κ1) is 16.1. The third kappa shape index (κ3) is 4.35. The molecule has 1 aromatic heterocycles. The molecule has 114 valence electrons. The number of aryl methyl sites for hydroxylation is 2. The molecule has 0 spiro atoms. The predicted octanol–water partition coefficient (Wildman–Crippen LogP) is 3.95. The maximum Gasteiger partial charge on any atom is 0.167 e. The molecule has 0 bridgehead atoms. The molecular weight excluding hydrogens is 278 g/mol. The minimum atomic E-state index is 0.340. The fourth-order valence-corrected chi connectivity index (χ4v) is 3.40. The lowest BCUT2D eigenvalue weighted by atomic mass is 10.0. The van der Waals surface area contributed by atoms with Crippen LogP contribution in [0, 0.1) is 6.92 Å². The molecule has 2 aromatic rings. The van der Waals surface area contributed by atoms with E-state index in [1.54, 1.807) is 0 Å². The summed E-state index contributed by atoms with van der Waals surface area (Å²) in [6.45, 7) is 7.64. The Morgan fingerprint density at radius 3 is 2.57 bits per heavy atom. The van der Waals surface area contributed by atoms with Crippen molar-refractivity contribution in [1.29, 1.82) is 0 Å². The van der Waals surface area contributed by atoms with Gasteiger partial charge in [0.05, 0.1) is 0 Å². The van der Waals surface area contributed by atoms with Gasteiger partial charge in [-0.15, -0.1) is 0 Å². The summed E-state index contributed by atoms with van der Waals surface area (Å²) < 4.78 is 2.08. The highest BCUT2D eigenvalue weighted by Crippen LogP contribution is 2.31. The van der Waals surface area contributed by atoms with E-state index in [0.29, 0.717) is 11.3 Å². The van der Waals surface area contributed by atoms with E-state index in [1.165, 1.54) is 11.1 Å². The number of nitrogens with one attached hydrogen (secondary N) is 1. The van der Waals surface area contributed by atoms with Gasteiger partial charge in [-0.1, -0.05) is 55.4 Å². The van der Waals surface area contributed by atoms with Crippen molar-refractivity contribution in [1.82, 2.24) is 14.9 Å². The monoisotopic (exact) mass is 303 g/mol. The fourth-order valence-electron chi connectivity index (χ4n) is 2.33. The van der Waals surface area contributed by atoms with E-state index in [-0.39, 0.29) is 0 Å². The Balaban J connectivity index is 2.14. The first-order valence-corrected chi connectivity index (χ1v) is 8.43. The van der Waals surface area contributed by atoms with E-state index >= 15 is 0 Å². The van der Waals surface area contributed by atoms with Crippen LogP contribution in [0.15, 0.2) is 41.8 Å². The molecule has 0 aliphatic rings. The third-order valence-corrected chi connectivity index (χ3v) is 4.84. The zero-order valence-electron chi connectivity index (χ0n) is 13.3. The van der Waals surface area contributed by atoms with Crippen LogP contribution < -0.4 is 5.32 Å². The zero-order valence-corrected chi connectivity index (χ0v) is 14.2. The summed E-state index contributed by atoms with van der Waals surface area (Å²) in [5.74, 6) is 0. The van der Waals surface area contributed by atoms with E-state index in [0.717, 1.165) is 18.1 Å². The molecule has 0 aliphatic heterocycles. The van der Waals surface area contributed by atoms with Gasteiger partial charge in [-0.2, -0.15) is 0 Å². The number of imidazole rings is 1. The van der Waals surface area contributed by atoms with Gasteiger partial charge in [0.25, 0.3) is 0 Å². The maximum absolute atomic E-state index is 4.42. The Labute approximate surface area is 132 Å². The van der Waals surface area contributed by atoms with E-state index in [4.69, 9.17) is 0 Å². The van der Waals surface area contributed by atoms with E-state index in [9.17, 15) is 0 Å². The number of nitrogens with zero attached hydrogens (tertiary/aromatic N) is 2. The Morgan fingerprint density at radius 2 is 2.00 bits per heavy atom. The lowest BCUT2D eigenvalue weighted by Gasteiger charge is -2.25. The molecule has 21 heavy (non-hydrogen) atoms. The molecule has 0 aliphatic carbocycles. The van der Waals surface area contributed by atoms with Crippen molar-refractivity contribution in [2.45, 2.75) is 43.6 Å². The van der Waals surface area contributed by atoms with E-state index in [1.807, 2.05) is 31.2 Å². The molecular formula is C17H25N3S. The molecule has 4 heteroatoms. The predicted molar refractivity (Wildman–Crippen MR) is 90.7 cm³/mol. The van der Waals surface area contributed by atoms with Crippen molar-refractivity contribution in [3.05, 3.63) is 47.8 Å². The van der Waals surface area contributed by atoms with Crippen LogP contribution in [0.3, 0.4) is 0 Å². The molecule has 0 saturated heterocycles. The van der Waals surface area contributed by atoms with Gasteiger partial charge >= 0.3 is 0 Å². The van der Waals surface area contributed by atoms with Crippen molar-refractivity contribution in [3.8, 4) is 0 Å². The summed E-state index contributed by atoms with van der Waals surface area (Å²) in [4.78, 5) is 4.42. The van der Waals surface area contributed by atoms with Crippen molar-refractivity contribution in [2.75, 3.05) is 6.54 Å².